The van der Waals surface area contributed by atoms with Crippen LogP contribution in [0.2, 0.25) is 0 Å². The molecule has 10 heteroatoms. The van der Waals surface area contributed by atoms with Crippen molar-refractivity contribution in [3.63, 3.8) is 0 Å². The van der Waals surface area contributed by atoms with Crippen molar-refractivity contribution in [3.8, 4) is 17.2 Å². The van der Waals surface area contributed by atoms with E-state index >= 15 is 0 Å². The van der Waals surface area contributed by atoms with Crippen molar-refractivity contribution in [2.45, 2.75) is 24.7 Å². The molecule has 0 fully saturated rings. The molecule has 0 spiro atoms. The van der Waals surface area contributed by atoms with E-state index in [1.807, 2.05) is 18.2 Å². The molecule has 4 aromatic rings. The Balaban J connectivity index is 1.57. The lowest BCUT2D eigenvalue weighted by Crippen LogP contribution is -2.27. The maximum absolute atomic E-state index is 12.9. The van der Waals surface area contributed by atoms with E-state index in [1.54, 1.807) is 36.4 Å². The van der Waals surface area contributed by atoms with Crippen molar-refractivity contribution in [2.24, 2.45) is 0 Å². The van der Waals surface area contributed by atoms with Crippen LogP contribution in [0.25, 0.3) is 0 Å². The maximum atomic E-state index is 12.9. The second-order valence-corrected chi connectivity index (χ2v) is 8.58. The van der Waals surface area contributed by atoms with Crippen molar-refractivity contribution in [1.82, 2.24) is 5.32 Å². The van der Waals surface area contributed by atoms with E-state index in [2.05, 4.69) is 10.1 Å². The Kier molecular flexibility index (Phi) is 8.47. The zero-order chi connectivity index (χ0) is 28.0. The van der Waals surface area contributed by atoms with Gasteiger partial charge in [0, 0.05) is 6.54 Å². The first-order valence-corrected chi connectivity index (χ1v) is 11.7. The van der Waals surface area contributed by atoms with E-state index in [0.29, 0.717) is 22.6 Å². The van der Waals surface area contributed by atoms with Gasteiger partial charge in [0.25, 0.3) is 0 Å². The van der Waals surface area contributed by atoms with Crippen LogP contribution in [-0.4, -0.2) is 18.0 Å². The molecule has 4 nitrogen and oxygen atoms in total. The first-order chi connectivity index (χ1) is 18.5. The number of ether oxygens (including phenoxy) is 2. The van der Waals surface area contributed by atoms with Crippen LogP contribution >= 0.6 is 0 Å². The molecule has 0 amide bonds. The van der Waals surface area contributed by atoms with E-state index < -0.39 is 36.0 Å². The van der Waals surface area contributed by atoms with E-state index in [4.69, 9.17) is 4.74 Å². The van der Waals surface area contributed by atoms with Crippen LogP contribution in [0.5, 0.6) is 17.2 Å². The molecule has 0 heterocycles. The van der Waals surface area contributed by atoms with E-state index in [0.717, 1.165) is 12.1 Å². The molecule has 2 unspecified atom stereocenters. The van der Waals surface area contributed by atoms with Gasteiger partial charge in [0.05, 0.1) is 17.7 Å². The second kappa shape index (κ2) is 11.8. The van der Waals surface area contributed by atoms with Crippen molar-refractivity contribution in [3.05, 3.63) is 125 Å². The second-order valence-electron chi connectivity index (χ2n) is 8.58. The number of rotatable bonds is 9. The smallest absolute Gasteiger partial charge is 0.457 e. The van der Waals surface area contributed by atoms with Crippen molar-refractivity contribution < 1.29 is 40.9 Å². The zero-order valence-electron chi connectivity index (χ0n) is 20.2. The van der Waals surface area contributed by atoms with Crippen LogP contribution in [0, 0.1) is 0 Å². The van der Waals surface area contributed by atoms with Crippen molar-refractivity contribution in [1.29, 1.82) is 0 Å². The highest BCUT2D eigenvalue weighted by atomic mass is 19.4. The van der Waals surface area contributed by atoms with Crippen LogP contribution in [0.4, 0.5) is 26.3 Å². The largest absolute Gasteiger partial charge is 0.573 e. The normalized spacial score (nSPS) is 13.5. The summed E-state index contributed by atoms with van der Waals surface area (Å²) in [6.07, 6.45) is -10.5. The highest BCUT2D eigenvalue weighted by molar-refractivity contribution is 5.40. The number of aliphatic hydroxyl groups excluding tert-OH is 1. The number of benzene rings is 4. The molecule has 0 saturated carbocycles. The Morgan fingerprint density at radius 1 is 0.641 bits per heavy atom. The van der Waals surface area contributed by atoms with Gasteiger partial charge in [0.15, 0.2) is 0 Å². The molecule has 0 aromatic heterocycles. The third kappa shape index (κ3) is 7.98. The van der Waals surface area contributed by atoms with Gasteiger partial charge < -0.3 is 19.9 Å². The molecule has 4 aromatic carbocycles. The summed E-state index contributed by atoms with van der Waals surface area (Å²) in [5, 5.41) is 13.8. The fraction of sp³-hybridized carbons (Fsp3) is 0.172. The summed E-state index contributed by atoms with van der Waals surface area (Å²) in [5.74, 6) is 0.715. The standard InChI is InChI=1S/C29H23F6NO3/c30-28(31,32)22-13-9-19(10-14-22)26(37)18-36-27(20-11-15-24(16-12-20)39-29(33,34)35)21-5-4-8-25(17-21)38-23-6-2-1-3-7-23/h1-17,26-27,36-37H,18H2. The van der Waals surface area contributed by atoms with Crippen molar-refractivity contribution >= 4 is 0 Å². The SMILES string of the molecule is OC(CNC(c1ccc(OC(F)(F)F)cc1)c1cccc(Oc2ccccc2)c1)c1ccc(C(F)(F)F)cc1. The van der Waals surface area contributed by atoms with Gasteiger partial charge in [-0.15, -0.1) is 13.2 Å². The quantitative estimate of drug-likeness (QED) is 0.210. The molecule has 0 aliphatic rings. The third-order valence-electron chi connectivity index (χ3n) is 5.76. The van der Waals surface area contributed by atoms with Crippen LogP contribution < -0.4 is 14.8 Å². The molecule has 0 aliphatic carbocycles. The molecule has 39 heavy (non-hydrogen) atoms. The van der Waals surface area contributed by atoms with E-state index in [1.165, 1.54) is 36.4 Å². The fourth-order valence-electron chi connectivity index (χ4n) is 3.91. The van der Waals surface area contributed by atoms with Gasteiger partial charge in [-0.1, -0.05) is 54.6 Å². The summed E-state index contributed by atoms with van der Waals surface area (Å²) in [7, 11) is 0. The van der Waals surface area contributed by atoms with Gasteiger partial charge in [-0.3, -0.25) is 0 Å². The predicted octanol–water partition coefficient (Wildman–Crippen LogP) is 7.81. The van der Waals surface area contributed by atoms with Crippen LogP contribution in [0.1, 0.15) is 34.4 Å². The summed E-state index contributed by atoms with van der Waals surface area (Å²) in [5.41, 5.74) is 0.665. The Morgan fingerprint density at radius 3 is 1.87 bits per heavy atom. The number of nitrogens with one attached hydrogen (secondary N) is 1. The molecule has 4 rings (SSSR count). The Hall–Kier alpha value is -4.02. The van der Waals surface area contributed by atoms with Gasteiger partial charge in [-0.2, -0.15) is 13.2 Å². The molecule has 204 valence electrons. The van der Waals surface area contributed by atoms with Crippen LogP contribution in [-0.2, 0) is 6.18 Å². The third-order valence-corrected chi connectivity index (χ3v) is 5.76. The summed E-state index contributed by atoms with van der Waals surface area (Å²) in [6.45, 7) is -0.0688. The first kappa shape index (κ1) is 28.0. The lowest BCUT2D eigenvalue weighted by molar-refractivity contribution is -0.274. The summed E-state index contributed by atoms with van der Waals surface area (Å²) in [4.78, 5) is 0. The summed E-state index contributed by atoms with van der Waals surface area (Å²) < 4.78 is 86.3. The molecular weight excluding hydrogens is 524 g/mol. The molecular formula is C29H23F6NO3. The Labute approximate surface area is 220 Å². The molecule has 0 aliphatic heterocycles. The number of alkyl halides is 6. The number of para-hydroxylation sites is 1. The number of halogens is 6. The summed E-state index contributed by atoms with van der Waals surface area (Å²) in [6, 6.07) is 24.9. The maximum Gasteiger partial charge on any atom is 0.573 e. The fourth-order valence-corrected chi connectivity index (χ4v) is 3.91. The number of hydrogen-bond donors (Lipinski definition) is 2. The molecule has 0 bridgehead atoms. The first-order valence-electron chi connectivity index (χ1n) is 11.7. The number of hydrogen-bond acceptors (Lipinski definition) is 4. The molecule has 2 N–H and O–H groups in total. The Bertz CT molecular complexity index is 1340. The van der Waals surface area contributed by atoms with E-state index in [9.17, 15) is 31.4 Å². The lowest BCUT2D eigenvalue weighted by Gasteiger charge is -2.23. The Morgan fingerprint density at radius 2 is 1.26 bits per heavy atom. The molecule has 2 atom stereocenters. The highest BCUT2D eigenvalue weighted by Crippen LogP contribution is 2.32. The minimum absolute atomic E-state index is 0.0688. The van der Waals surface area contributed by atoms with Crippen molar-refractivity contribution in [2.75, 3.05) is 6.54 Å². The zero-order valence-corrected chi connectivity index (χ0v) is 20.2. The minimum atomic E-state index is -4.84. The van der Waals surface area contributed by atoms with Gasteiger partial charge in [0.1, 0.15) is 17.2 Å². The van der Waals surface area contributed by atoms with Gasteiger partial charge >= 0.3 is 12.5 Å². The van der Waals surface area contributed by atoms with Gasteiger partial charge in [0.2, 0.25) is 0 Å². The average molecular weight is 547 g/mol. The monoisotopic (exact) mass is 547 g/mol. The van der Waals surface area contributed by atoms with Crippen LogP contribution in [0.3, 0.4) is 0 Å². The molecule has 0 saturated heterocycles. The summed E-state index contributed by atoms with van der Waals surface area (Å²) >= 11 is 0. The topological polar surface area (TPSA) is 50.7 Å². The minimum Gasteiger partial charge on any atom is -0.457 e. The molecule has 0 radical (unpaired) electrons. The van der Waals surface area contributed by atoms with Crippen LogP contribution in [0.15, 0.2) is 103 Å². The average Bonchev–Trinajstić information content (AvgIpc) is 2.89. The van der Waals surface area contributed by atoms with Gasteiger partial charge in [-0.25, -0.2) is 0 Å². The van der Waals surface area contributed by atoms with E-state index in [-0.39, 0.29) is 12.1 Å². The number of aliphatic hydroxyl groups is 1. The lowest BCUT2D eigenvalue weighted by atomic mass is 9.97. The highest BCUT2D eigenvalue weighted by Gasteiger charge is 2.31. The van der Waals surface area contributed by atoms with Gasteiger partial charge in [-0.05, 0) is 65.2 Å². The predicted molar refractivity (Wildman–Crippen MR) is 132 cm³/mol.